The zero-order valence-electron chi connectivity index (χ0n) is 11.9. The maximum absolute atomic E-state index is 4.38. The first-order valence-corrected chi connectivity index (χ1v) is 7.35. The first kappa shape index (κ1) is 13.0. The van der Waals surface area contributed by atoms with Crippen LogP contribution in [0.25, 0.3) is 0 Å². The number of anilines is 2. The molecule has 0 spiro atoms. The molecule has 1 aliphatic heterocycles. The largest absolute Gasteiger partial charge is 0.377 e. The van der Waals surface area contributed by atoms with Crippen molar-refractivity contribution in [3.8, 4) is 0 Å². The first-order valence-electron chi connectivity index (χ1n) is 7.35. The summed E-state index contributed by atoms with van der Waals surface area (Å²) in [5.41, 5.74) is 3.54. The minimum absolute atomic E-state index is 0.217. The molecule has 1 aliphatic rings. The Morgan fingerprint density at radius 3 is 2.45 bits per heavy atom. The summed E-state index contributed by atoms with van der Waals surface area (Å²) in [5.74, 6) is 0. The number of rotatable bonds is 4. The van der Waals surface area contributed by atoms with Gasteiger partial charge in [0.2, 0.25) is 0 Å². The molecular weight excluding hydrogens is 246 g/mol. The van der Waals surface area contributed by atoms with Gasteiger partial charge in [-0.15, -0.1) is 0 Å². The predicted octanol–water partition coefficient (Wildman–Crippen LogP) is 3.85. The number of pyridine rings is 1. The minimum Gasteiger partial charge on any atom is -0.377 e. The smallest absolute Gasteiger partial charge is 0.0657 e. The Labute approximate surface area is 120 Å². The fourth-order valence-corrected chi connectivity index (χ4v) is 2.70. The second-order valence-corrected chi connectivity index (χ2v) is 5.36. The molecule has 0 amide bonds. The molecule has 0 aliphatic carbocycles. The second-order valence-electron chi connectivity index (χ2n) is 5.36. The van der Waals surface area contributed by atoms with Crippen LogP contribution in [0.3, 0.4) is 0 Å². The standard InChI is InChI=1S/C17H21N3/c1-14(17-6-2-3-11-18-17)19-15-7-9-16(10-8-15)20-12-4-5-13-20/h2-3,6-11,14,19H,4-5,12-13H2,1H3. The van der Waals surface area contributed by atoms with Crippen LogP contribution in [-0.2, 0) is 0 Å². The van der Waals surface area contributed by atoms with E-state index >= 15 is 0 Å². The Bertz CT molecular complexity index is 530. The van der Waals surface area contributed by atoms with E-state index < -0.39 is 0 Å². The lowest BCUT2D eigenvalue weighted by Crippen LogP contribution is -2.17. The Morgan fingerprint density at radius 1 is 1.05 bits per heavy atom. The molecule has 1 aromatic carbocycles. The highest BCUT2D eigenvalue weighted by Crippen LogP contribution is 2.24. The van der Waals surface area contributed by atoms with Crippen LogP contribution in [0.5, 0.6) is 0 Å². The van der Waals surface area contributed by atoms with E-state index in [-0.39, 0.29) is 6.04 Å². The molecule has 1 aromatic heterocycles. The summed E-state index contributed by atoms with van der Waals surface area (Å²) in [6.45, 7) is 4.52. The molecule has 0 radical (unpaired) electrons. The third kappa shape index (κ3) is 2.93. The van der Waals surface area contributed by atoms with Crippen molar-refractivity contribution in [1.29, 1.82) is 0 Å². The Balaban J connectivity index is 1.66. The molecule has 3 rings (SSSR count). The molecule has 3 nitrogen and oxygen atoms in total. The van der Waals surface area contributed by atoms with E-state index in [1.807, 2.05) is 18.3 Å². The summed E-state index contributed by atoms with van der Waals surface area (Å²) in [7, 11) is 0. The molecule has 1 N–H and O–H groups in total. The van der Waals surface area contributed by atoms with Crippen LogP contribution in [0.15, 0.2) is 48.7 Å². The normalized spacial score (nSPS) is 16.1. The highest BCUT2D eigenvalue weighted by molar-refractivity contribution is 5.56. The van der Waals surface area contributed by atoms with Crippen molar-refractivity contribution in [2.45, 2.75) is 25.8 Å². The van der Waals surface area contributed by atoms with Gasteiger partial charge in [0.25, 0.3) is 0 Å². The van der Waals surface area contributed by atoms with Gasteiger partial charge < -0.3 is 10.2 Å². The SMILES string of the molecule is CC(Nc1ccc(N2CCCC2)cc1)c1ccccn1. The number of aromatic nitrogens is 1. The van der Waals surface area contributed by atoms with E-state index in [1.165, 1.54) is 31.6 Å². The minimum atomic E-state index is 0.217. The highest BCUT2D eigenvalue weighted by Gasteiger charge is 2.12. The fraction of sp³-hybridized carbons (Fsp3) is 0.353. The van der Waals surface area contributed by atoms with Crippen molar-refractivity contribution in [3.05, 3.63) is 54.4 Å². The van der Waals surface area contributed by atoms with E-state index in [4.69, 9.17) is 0 Å². The second kappa shape index (κ2) is 5.95. The summed E-state index contributed by atoms with van der Waals surface area (Å²) in [6.07, 6.45) is 4.47. The summed E-state index contributed by atoms with van der Waals surface area (Å²) in [4.78, 5) is 6.84. The third-order valence-electron chi connectivity index (χ3n) is 3.85. The van der Waals surface area contributed by atoms with Gasteiger partial charge in [0.05, 0.1) is 11.7 Å². The number of nitrogens with zero attached hydrogens (tertiary/aromatic N) is 2. The average molecular weight is 267 g/mol. The number of hydrogen-bond donors (Lipinski definition) is 1. The van der Waals surface area contributed by atoms with Crippen molar-refractivity contribution < 1.29 is 0 Å². The van der Waals surface area contributed by atoms with Gasteiger partial charge in [-0.25, -0.2) is 0 Å². The van der Waals surface area contributed by atoms with Gasteiger partial charge in [-0.3, -0.25) is 4.98 Å². The molecule has 1 unspecified atom stereocenters. The number of hydrogen-bond acceptors (Lipinski definition) is 3. The Hall–Kier alpha value is -2.03. The van der Waals surface area contributed by atoms with E-state index in [9.17, 15) is 0 Å². The maximum atomic E-state index is 4.38. The van der Waals surface area contributed by atoms with Crippen molar-refractivity contribution in [2.24, 2.45) is 0 Å². The van der Waals surface area contributed by atoms with E-state index in [2.05, 4.69) is 52.5 Å². The van der Waals surface area contributed by atoms with Gasteiger partial charge in [0.1, 0.15) is 0 Å². The molecule has 20 heavy (non-hydrogen) atoms. The van der Waals surface area contributed by atoms with Gasteiger partial charge in [-0.1, -0.05) is 6.07 Å². The average Bonchev–Trinajstić information content (AvgIpc) is 3.03. The van der Waals surface area contributed by atoms with Crippen molar-refractivity contribution in [1.82, 2.24) is 4.98 Å². The molecule has 0 bridgehead atoms. The van der Waals surface area contributed by atoms with Gasteiger partial charge in [0, 0.05) is 30.7 Å². The van der Waals surface area contributed by atoms with E-state index in [0.717, 1.165) is 11.4 Å². The van der Waals surface area contributed by atoms with Crippen LogP contribution in [-0.4, -0.2) is 18.1 Å². The summed E-state index contributed by atoms with van der Waals surface area (Å²) in [5, 5.41) is 3.49. The molecule has 2 aromatic rings. The molecule has 1 atom stereocenters. The van der Waals surface area contributed by atoms with Crippen molar-refractivity contribution in [3.63, 3.8) is 0 Å². The molecule has 1 saturated heterocycles. The molecule has 1 fully saturated rings. The van der Waals surface area contributed by atoms with Gasteiger partial charge in [-0.05, 0) is 56.2 Å². The van der Waals surface area contributed by atoms with Crippen molar-refractivity contribution >= 4 is 11.4 Å². The van der Waals surface area contributed by atoms with Crippen LogP contribution in [0.2, 0.25) is 0 Å². The molecular formula is C17H21N3. The van der Waals surface area contributed by atoms with E-state index in [0.29, 0.717) is 0 Å². The predicted molar refractivity (Wildman–Crippen MR) is 84.2 cm³/mol. The number of nitrogens with one attached hydrogen (secondary N) is 1. The Morgan fingerprint density at radius 2 is 1.80 bits per heavy atom. The van der Waals surface area contributed by atoms with Crippen LogP contribution in [0.1, 0.15) is 31.5 Å². The topological polar surface area (TPSA) is 28.2 Å². The van der Waals surface area contributed by atoms with Crippen LogP contribution in [0, 0.1) is 0 Å². The zero-order valence-corrected chi connectivity index (χ0v) is 11.9. The van der Waals surface area contributed by atoms with Crippen molar-refractivity contribution in [2.75, 3.05) is 23.3 Å². The maximum Gasteiger partial charge on any atom is 0.0657 e. The Kier molecular flexibility index (Phi) is 3.86. The van der Waals surface area contributed by atoms with Crippen LogP contribution >= 0.6 is 0 Å². The highest BCUT2D eigenvalue weighted by atomic mass is 15.1. The molecule has 0 saturated carbocycles. The first-order chi connectivity index (χ1) is 9.83. The van der Waals surface area contributed by atoms with Gasteiger partial charge in [0.15, 0.2) is 0 Å². The van der Waals surface area contributed by atoms with Crippen LogP contribution in [0.4, 0.5) is 11.4 Å². The van der Waals surface area contributed by atoms with E-state index in [1.54, 1.807) is 0 Å². The summed E-state index contributed by atoms with van der Waals surface area (Å²) < 4.78 is 0. The summed E-state index contributed by atoms with van der Waals surface area (Å²) in [6, 6.07) is 15.0. The van der Waals surface area contributed by atoms with Gasteiger partial charge >= 0.3 is 0 Å². The summed E-state index contributed by atoms with van der Waals surface area (Å²) >= 11 is 0. The molecule has 104 valence electrons. The van der Waals surface area contributed by atoms with Crippen LogP contribution < -0.4 is 10.2 Å². The monoisotopic (exact) mass is 267 g/mol. The molecule has 2 heterocycles. The lowest BCUT2D eigenvalue weighted by molar-refractivity contribution is 0.839. The third-order valence-corrected chi connectivity index (χ3v) is 3.85. The fourth-order valence-electron chi connectivity index (χ4n) is 2.70. The zero-order chi connectivity index (χ0) is 13.8. The lowest BCUT2D eigenvalue weighted by atomic mass is 10.2. The van der Waals surface area contributed by atoms with Gasteiger partial charge in [-0.2, -0.15) is 0 Å². The number of benzene rings is 1. The quantitative estimate of drug-likeness (QED) is 0.912. The molecule has 3 heteroatoms. The lowest BCUT2D eigenvalue weighted by Gasteiger charge is -2.19.